The molecule has 124 valence electrons. The van der Waals surface area contributed by atoms with Crippen LogP contribution in [0.4, 0.5) is 5.69 Å². The molecule has 0 bridgehead atoms. The van der Waals surface area contributed by atoms with Crippen LogP contribution in [0.3, 0.4) is 0 Å². The molecule has 0 aliphatic carbocycles. The Labute approximate surface area is 141 Å². The van der Waals surface area contributed by atoms with Crippen LogP contribution in [0.15, 0.2) is 60.5 Å². The third-order valence-corrected chi connectivity index (χ3v) is 4.02. The molecule has 24 heavy (non-hydrogen) atoms. The number of ether oxygens (including phenoxy) is 1. The Kier molecular flexibility index (Phi) is 5.11. The summed E-state index contributed by atoms with van der Waals surface area (Å²) in [6, 6.07) is 16.6. The molecular formula is C19H20N2O3. The lowest BCUT2D eigenvalue weighted by atomic mass is 10.2. The van der Waals surface area contributed by atoms with Gasteiger partial charge in [-0.2, -0.15) is 0 Å². The van der Waals surface area contributed by atoms with E-state index in [9.17, 15) is 10.1 Å². The fourth-order valence-corrected chi connectivity index (χ4v) is 2.76. The molecule has 0 atom stereocenters. The number of rotatable bonds is 6. The quantitative estimate of drug-likeness (QED) is 0.454. The molecule has 1 heterocycles. The van der Waals surface area contributed by atoms with Gasteiger partial charge in [0.1, 0.15) is 6.61 Å². The van der Waals surface area contributed by atoms with Crippen molar-refractivity contribution in [3.8, 4) is 0 Å². The van der Waals surface area contributed by atoms with Gasteiger partial charge in [0.2, 0.25) is 0 Å². The summed E-state index contributed by atoms with van der Waals surface area (Å²) in [6.45, 7) is 2.39. The van der Waals surface area contributed by atoms with Gasteiger partial charge in [-0.1, -0.05) is 42.5 Å². The minimum Gasteiger partial charge on any atom is -0.474 e. The second-order valence-corrected chi connectivity index (χ2v) is 5.80. The van der Waals surface area contributed by atoms with Crippen molar-refractivity contribution < 1.29 is 9.66 Å². The lowest BCUT2D eigenvalue weighted by Crippen LogP contribution is -2.20. The number of nitro benzene ring substituents is 1. The number of hydrogen-bond donors (Lipinski definition) is 0. The molecule has 0 unspecified atom stereocenters. The van der Waals surface area contributed by atoms with E-state index in [0.717, 1.165) is 42.9 Å². The molecule has 2 aromatic carbocycles. The topological polar surface area (TPSA) is 55.6 Å². The molecule has 0 saturated carbocycles. The smallest absolute Gasteiger partial charge is 0.270 e. The van der Waals surface area contributed by atoms with Gasteiger partial charge in [-0.05, 0) is 24.0 Å². The Hall–Kier alpha value is -2.82. The molecule has 1 aliphatic heterocycles. The standard InChI is InChI=1S/C19H20N2O3/c22-21(23)18-10-6-9-17(13-18)14-19(20-11-4-5-12-20)24-15-16-7-2-1-3-8-16/h1-3,6-10,13-14H,4-5,11-12,15H2. The Morgan fingerprint density at radius 1 is 1.12 bits per heavy atom. The van der Waals surface area contributed by atoms with Crippen LogP contribution in [0.1, 0.15) is 24.0 Å². The van der Waals surface area contributed by atoms with E-state index in [0.29, 0.717) is 6.61 Å². The molecule has 0 aromatic heterocycles. The number of hydrogen-bond acceptors (Lipinski definition) is 4. The number of likely N-dealkylation sites (tertiary alicyclic amines) is 1. The van der Waals surface area contributed by atoms with Gasteiger partial charge >= 0.3 is 0 Å². The average molecular weight is 324 g/mol. The lowest BCUT2D eigenvalue weighted by Gasteiger charge is -2.22. The van der Waals surface area contributed by atoms with Crippen LogP contribution in [0.5, 0.6) is 0 Å². The summed E-state index contributed by atoms with van der Waals surface area (Å²) < 4.78 is 6.03. The van der Waals surface area contributed by atoms with Crippen molar-refractivity contribution in [2.45, 2.75) is 19.4 Å². The first-order valence-electron chi connectivity index (χ1n) is 8.10. The van der Waals surface area contributed by atoms with Crippen LogP contribution in [0.2, 0.25) is 0 Å². The zero-order valence-corrected chi connectivity index (χ0v) is 13.4. The molecule has 0 radical (unpaired) electrons. The highest BCUT2D eigenvalue weighted by atomic mass is 16.6. The lowest BCUT2D eigenvalue weighted by molar-refractivity contribution is -0.384. The van der Waals surface area contributed by atoms with Crippen molar-refractivity contribution in [1.29, 1.82) is 0 Å². The molecule has 2 aromatic rings. The van der Waals surface area contributed by atoms with E-state index >= 15 is 0 Å². The molecule has 5 nitrogen and oxygen atoms in total. The summed E-state index contributed by atoms with van der Waals surface area (Å²) >= 11 is 0. The summed E-state index contributed by atoms with van der Waals surface area (Å²) in [7, 11) is 0. The summed E-state index contributed by atoms with van der Waals surface area (Å²) in [5.74, 6) is 0.775. The van der Waals surface area contributed by atoms with Crippen molar-refractivity contribution in [3.63, 3.8) is 0 Å². The molecule has 1 aliphatic rings. The van der Waals surface area contributed by atoms with Gasteiger partial charge in [-0.15, -0.1) is 0 Å². The van der Waals surface area contributed by atoms with Crippen molar-refractivity contribution in [1.82, 2.24) is 4.90 Å². The summed E-state index contributed by atoms with van der Waals surface area (Å²) in [6.07, 6.45) is 4.17. The Balaban J connectivity index is 1.81. The summed E-state index contributed by atoms with van der Waals surface area (Å²) in [4.78, 5) is 12.8. The van der Waals surface area contributed by atoms with Crippen molar-refractivity contribution >= 4 is 11.8 Å². The molecule has 3 rings (SSSR count). The monoisotopic (exact) mass is 324 g/mol. The van der Waals surface area contributed by atoms with Crippen LogP contribution in [-0.4, -0.2) is 22.9 Å². The SMILES string of the molecule is O=[N+]([O-])c1cccc(C=C(OCc2ccccc2)N2CCCC2)c1. The zero-order chi connectivity index (χ0) is 16.8. The molecule has 0 N–H and O–H groups in total. The second kappa shape index (κ2) is 7.64. The normalized spacial score (nSPS) is 14.7. The highest BCUT2D eigenvalue weighted by Gasteiger charge is 2.17. The second-order valence-electron chi connectivity index (χ2n) is 5.80. The van der Waals surface area contributed by atoms with Crippen LogP contribution in [-0.2, 0) is 11.3 Å². The average Bonchev–Trinajstić information content (AvgIpc) is 3.14. The maximum Gasteiger partial charge on any atom is 0.270 e. The van der Waals surface area contributed by atoms with E-state index in [2.05, 4.69) is 4.90 Å². The van der Waals surface area contributed by atoms with E-state index in [1.165, 1.54) is 6.07 Å². The van der Waals surface area contributed by atoms with Gasteiger partial charge in [0.05, 0.1) is 4.92 Å². The molecule has 0 spiro atoms. The number of benzene rings is 2. The van der Waals surface area contributed by atoms with E-state index in [-0.39, 0.29) is 10.6 Å². The van der Waals surface area contributed by atoms with Crippen LogP contribution < -0.4 is 0 Å². The predicted octanol–water partition coefficient (Wildman–Crippen LogP) is 4.21. The van der Waals surface area contributed by atoms with Crippen LogP contribution >= 0.6 is 0 Å². The Bertz CT molecular complexity index is 722. The van der Waals surface area contributed by atoms with Crippen LogP contribution in [0, 0.1) is 10.1 Å². The third-order valence-electron chi connectivity index (χ3n) is 4.02. The first kappa shape index (κ1) is 16.1. The van der Waals surface area contributed by atoms with Crippen molar-refractivity contribution in [3.05, 3.63) is 81.7 Å². The van der Waals surface area contributed by atoms with Crippen molar-refractivity contribution in [2.24, 2.45) is 0 Å². The van der Waals surface area contributed by atoms with Gasteiger partial charge in [0.15, 0.2) is 5.88 Å². The largest absolute Gasteiger partial charge is 0.474 e. The van der Waals surface area contributed by atoms with Gasteiger partial charge < -0.3 is 9.64 Å². The van der Waals surface area contributed by atoms with E-state index in [1.54, 1.807) is 12.1 Å². The fourth-order valence-electron chi connectivity index (χ4n) is 2.76. The van der Waals surface area contributed by atoms with Crippen molar-refractivity contribution in [2.75, 3.05) is 13.1 Å². The molecular weight excluding hydrogens is 304 g/mol. The molecule has 0 amide bonds. The number of non-ortho nitro benzene ring substituents is 1. The predicted molar refractivity (Wildman–Crippen MR) is 93.1 cm³/mol. The van der Waals surface area contributed by atoms with E-state index in [1.807, 2.05) is 42.5 Å². The maximum absolute atomic E-state index is 10.9. The van der Waals surface area contributed by atoms with Gasteiger partial charge in [-0.25, -0.2) is 0 Å². The number of nitrogens with zero attached hydrogens (tertiary/aromatic N) is 2. The highest BCUT2D eigenvalue weighted by Crippen LogP contribution is 2.22. The van der Waals surface area contributed by atoms with Gasteiger partial charge in [0.25, 0.3) is 5.69 Å². The van der Waals surface area contributed by atoms with E-state index < -0.39 is 0 Å². The highest BCUT2D eigenvalue weighted by molar-refractivity contribution is 5.54. The summed E-state index contributed by atoms with van der Waals surface area (Å²) in [5, 5.41) is 10.9. The molecule has 5 heteroatoms. The Morgan fingerprint density at radius 3 is 2.58 bits per heavy atom. The molecule has 1 saturated heterocycles. The van der Waals surface area contributed by atoms with Gasteiger partial charge in [-0.3, -0.25) is 10.1 Å². The number of nitro groups is 1. The van der Waals surface area contributed by atoms with Gasteiger partial charge in [0, 0.05) is 31.3 Å². The Morgan fingerprint density at radius 2 is 1.88 bits per heavy atom. The zero-order valence-electron chi connectivity index (χ0n) is 13.4. The minimum absolute atomic E-state index is 0.0904. The maximum atomic E-state index is 10.9. The van der Waals surface area contributed by atoms with Crippen LogP contribution in [0.25, 0.3) is 6.08 Å². The molecule has 1 fully saturated rings. The minimum atomic E-state index is -0.377. The van der Waals surface area contributed by atoms with E-state index in [4.69, 9.17) is 4.74 Å². The first-order chi connectivity index (χ1) is 11.7. The summed E-state index contributed by atoms with van der Waals surface area (Å²) in [5.41, 5.74) is 1.97. The third kappa shape index (κ3) is 4.13. The first-order valence-corrected chi connectivity index (χ1v) is 8.10. The fraction of sp³-hybridized carbons (Fsp3) is 0.263.